The summed E-state index contributed by atoms with van der Waals surface area (Å²) in [6.07, 6.45) is 0.602. The van der Waals surface area contributed by atoms with Crippen molar-refractivity contribution in [3.8, 4) is 5.75 Å². The monoisotopic (exact) mass is 400 g/mol. The van der Waals surface area contributed by atoms with Gasteiger partial charge in [-0.15, -0.1) is 0 Å². The number of hydrogen-bond acceptors (Lipinski definition) is 3. The van der Waals surface area contributed by atoms with Crippen molar-refractivity contribution in [3.63, 3.8) is 0 Å². The number of carbonyl (C=O) groups excluding carboxylic acids is 2. The fraction of sp³-hybridized carbons (Fsp3) is 0. The van der Waals surface area contributed by atoms with Crippen molar-refractivity contribution in [2.24, 2.45) is 0 Å². The van der Waals surface area contributed by atoms with E-state index in [0.29, 0.717) is 11.6 Å². The standard InChI is InChI=1S/C22H12F4O3/c1-2-15-16(23)18(25)21(19(26)17(15)24)29-22(28)14-10-8-13(9-11-14)20(27)12-6-4-3-5-7-12/h2-11H,1H2. The minimum atomic E-state index is -1.86. The third-order valence-corrected chi connectivity index (χ3v) is 4.07. The molecule has 7 heteroatoms. The van der Waals surface area contributed by atoms with Gasteiger partial charge in [0.25, 0.3) is 0 Å². The van der Waals surface area contributed by atoms with Crippen molar-refractivity contribution in [2.75, 3.05) is 0 Å². The second-order valence-corrected chi connectivity index (χ2v) is 5.86. The molecule has 3 aromatic rings. The van der Waals surface area contributed by atoms with Gasteiger partial charge in [-0.1, -0.05) is 55.1 Å². The van der Waals surface area contributed by atoms with Crippen molar-refractivity contribution >= 4 is 17.8 Å². The van der Waals surface area contributed by atoms with Crippen LogP contribution in [0.3, 0.4) is 0 Å². The Hall–Kier alpha value is -3.74. The summed E-state index contributed by atoms with van der Waals surface area (Å²) in [4.78, 5) is 24.5. The Labute approximate surface area is 162 Å². The zero-order chi connectivity index (χ0) is 21.1. The maximum Gasteiger partial charge on any atom is 0.343 e. The average Bonchev–Trinajstić information content (AvgIpc) is 2.76. The van der Waals surface area contributed by atoms with Crippen molar-refractivity contribution in [2.45, 2.75) is 0 Å². The molecule has 0 spiro atoms. The molecule has 0 aliphatic heterocycles. The molecule has 146 valence electrons. The lowest BCUT2D eigenvalue weighted by molar-refractivity contribution is 0.0717. The van der Waals surface area contributed by atoms with Gasteiger partial charge in [-0.25, -0.2) is 13.6 Å². The number of halogens is 4. The molecule has 0 aromatic heterocycles. The van der Waals surface area contributed by atoms with Crippen molar-refractivity contribution < 1.29 is 31.9 Å². The Morgan fingerprint density at radius 3 is 1.72 bits per heavy atom. The number of benzene rings is 3. The van der Waals surface area contributed by atoms with Crippen LogP contribution < -0.4 is 4.74 Å². The summed E-state index contributed by atoms with van der Waals surface area (Å²) in [7, 11) is 0. The van der Waals surface area contributed by atoms with Crippen LogP contribution in [0.5, 0.6) is 5.75 Å². The Morgan fingerprint density at radius 2 is 1.21 bits per heavy atom. The first kappa shape index (κ1) is 20.0. The predicted octanol–water partition coefficient (Wildman–Crippen LogP) is 5.34. The lowest BCUT2D eigenvalue weighted by Crippen LogP contribution is -2.13. The van der Waals surface area contributed by atoms with Crippen LogP contribution in [0.2, 0.25) is 0 Å². The van der Waals surface area contributed by atoms with Gasteiger partial charge < -0.3 is 4.74 Å². The molecule has 0 saturated heterocycles. The minimum Gasteiger partial charge on any atom is -0.416 e. The minimum absolute atomic E-state index is 0.179. The van der Waals surface area contributed by atoms with Crippen LogP contribution in [0.15, 0.2) is 61.2 Å². The van der Waals surface area contributed by atoms with E-state index in [1.807, 2.05) is 0 Å². The van der Waals surface area contributed by atoms with Gasteiger partial charge in [0.1, 0.15) is 0 Å². The van der Waals surface area contributed by atoms with Gasteiger partial charge in [-0.05, 0) is 12.1 Å². The highest BCUT2D eigenvalue weighted by molar-refractivity contribution is 6.09. The first-order valence-electron chi connectivity index (χ1n) is 8.25. The molecule has 0 unspecified atom stereocenters. The van der Waals surface area contributed by atoms with Crippen LogP contribution in [0.1, 0.15) is 31.8 Å². The smallest absolute Gasteiger partial charge is 0.343 e. The van der Waals surface area contributed by atoms with Crippen LogP contribution in [-0.2, 0) is 0 Å². The highest BCUT2D eigenvalue weighted by Gasteiger charge is 2.27. The third-order valence-electron chi connectivity index (χ3n) is 4.07. The maximum atomic E-state index is 14.0. The lowest BCUT2D eigenvalue weighted by Gasteiger charge is -2.10. The molecule has 0 heterocycles. The molecular weight excluding hydrogens is 388 g/mol. The molecular formula is C22H12F4O3. The fourth-order valence-electron chi connectivity index (χ4n) is 2.56. The number of ether oxygens (including phenoxy) is 1. The van der Waals surface area contributed by atoms with Crippen molar-refractivity contribution in [1.29, 1.82) is 0 Å². The van der Waals surface area contributed by atoms with Gasteiger partial charge in [-0.3, -0.25) is 4.79 Å². The molecule has 0 bridgehead atoms. The second-order valence-electron chi connectivity index (χ2n) is 5.86. The number of carbonyl (C=O) groups is 2. The van der Waals surface area contributed by atoms with E-state index in [2.05, 4.69) is 11.3 Å². The van der Waals surface area contributed by atoms with Gasteiger partial charge in [0.2, 0.25) is 17.4 Å². The molecule has 3 rings (SSSR count). The molecule has 3 aromatic carbocycles. The SMILES string of the molecule is C=Cc1c(F)c(F)c(OC(=O)c2ccc(C(=O)c3ccccc3)cc2)c(F)c1F. The van der Waals surface area contributed by atoms with E-state index in [4.69, 9.17) is 0 Å². The largest absolute Gasteiger partial charge is 0.416 e. The normalized spacial score (nSPS) is 10.5. The summed E-state index contributed by atoms with van der Waals surface area (Å²) in [6.45, 7) is 3.07. The maximum absolute atomic E-state index is 14.0. The van der Waals surface area contributed by atoms with Gasteiger partial charge in [0.15, 0.2) is 17.4 Å². The molecule has 0 aliphatic carbocycles. The Kier molecular flexibility index (Phi) is 5.59. The van der Waals surface area contributed by atoms with Crippen molar-refractivity contribution in [1.82, 2.24) is 0 Å². The van der Waals surface area contributed by atoms with Crippen LogP contribution >= 0.6 is 0 Å². The average molecular weight is 400 g/mol. The van der Waals surface area contributed by atoms with E-state index in [1.165, 1.54) is 24.3 Å². The molecule has 0 atom stereocenters. The van der Waals surface area contributed by atoms with E-state index in [1.54, 1.807) is 30.3 Å². The fourth-order valence-corrected chi connectivity index (χ4v) is 2.56. The first-order valence-corrected chi connectivity index (χ1v) is 8.25. The Balaban J connectivity index is 1.86. The molecule has 0 amide bonds. The lowest BCUT2D eigenvalue weighted by atomic mass is 10.0. The summed E-state index contributed by atoms with van der Waals surface area (Å²) in [5.74, 6) is -10.2. The van der Waals surface area contributed by atoms with E-state index in [9.17, 15) is 27.2 Å². The van der Waals surface area contributed by atoms with E-state index >= 15 is 0 Å². The number of ketones is 1. The molecule has 0 saturated carbocycles. The second kappa shape index (κ2) is 8.10. The number of hydrogen-bond donors (Lipinski definition) is 0. The predicted molar refractivity (Wildman–Crippen MR) is 97.6 cm³/mol. The Bertz CT molecular complexity index is 1080. The van der Waals surface area contributed by atoms with Gasteiger partial charge >= 0.3 is 5.97 Å². The summed E-state index contributed by atoms with van der Waals surface area (Å²) in [5, 5.41) is 0. The highest BCUT2D eigenvalue weighted by atomic mass is 19.2. The van der Waals surface area contributed by atoms with E-state index < -0.39 is 40.6 Å². The molecule has 0 aliphatic rings. The summed E-state index contributed by atoms with van der Waals surface area (Å²) >= 11 is 0. The third kappa shape index (κ3) is 3.80. The molecule has 29 heavy (non-hydrogen) atoms. The zero-order valence-electron chi connectivity index (χ0n) is 14.7. The van der Waals surface area contributed by atoms with Crippen LogP contribution in [-0.4, -0.2) is 11.8 Å². The Morgan fingerprint density at radius 1 is 0.724 bits per heavy atom. The summed E-state index contributed by atoms with van der Waals surface area (Å²) in [5.41, 5.74) is -0.497. The topological polar surface area (TPSA) is 43.4 Å². The molecule has 0 radical (unpaired) electrons. The van der Waals surface area contributed by atoms with Crippen molar-refractivity contribution in [3.05, 3.63) is 107 Å². The van der Waals surface area contributed by atoms with E-state index in [-0.39, 0.29) is 16.9 Å². The van der Waals surface area contributed by atoms with Gasteiger partial charge in [-0.2, -0.15) is 8.78 Å². The summed E-state index contributed by atoms with van der Waals surface area (Å²) < 4.78 is 60.0. The quantitative estimate of drug-likeness (QED) is 0.191. The van der Waals surface area contributed by atoms with Gasteiger partial charge in [0.05, 0.1) is 11.1 Å². The summed E-state index contributed by atoms with van der Waals surface area (Å²) in [6, 6.07) is 13.4. The first-order chi connectivity index (χ1) is 13.8. The van der Waals surface area contributed by atoms with Crippen LogP contribution in [0, 0.1) is 23.3 Å². The molecule has 3 nitrogen and oxygen atoms in total. The molecule has 0 N–H and O–H groups in total. The van der Waals surface area contributed by atoms with Crippen LogP contribution in [0.25, 0.3) is 6.08 Å². The van der Waals surface area contributed by atoms with Crippen LogP contribution in [0.4, 0.5) is 17.6 Å². The number of esters is 1. The zero-order valence-corrected chi connectivity index (χ0v) is 14.7. The number of rotatable bonds is 5. The highest BCUT2D eigenvalue weighted by Crippen LogP contribution is 2.31. The van der Waals surface area contributed by atoms with E-state index in [0.717, 1.165) is 0 Å². The molecule has 0 fully saturated rings. The van der Waals surface area contributed by atoms with Gasteiger partial charge in [0, 0.05) is 11.1 Å².